The van der Waals surface area contributed by atoms with Crippen molar-refractivity contribution in [1.29, 1.82) is 0 Å². The number of benzene rings is 3. The van der Waals surface area contributed by atoms with Gasteiger partial charge in [0, 0.05) is 16.1 Å². The zero-order valence-corrected chi connectivity index (χ0v) is 20.1. The molecular formula is C25H24BrNO4S. The van der Waals surface area contributed by atoms with Crippen molar-refractivity contribution in [2.75, 3.05) is 12.9 Å². The van der Waals surface area contributed by atoms with Crippen LogP contribution in [-0.2, 0) is 20.9 Å². The molecule has 0 saturated carbocycles. The number of hydrogen-bond acceptors (Lipinski definition) is 4. The van der Waals surface area contributed by atoms with Crippen LogP contribution in [0.2, 0.25) is 0 Å². The number of rotatable bonds is 9. The first kappa shape index (κ1) is 22.6. The van der Waals surface area contributed by atoms with E-state index in [-0.39, 0.29) is 12.6 Å². The first-order chi connectivity index (χ1) is 15.4. The number of nitrogens with zero attached hydrogens (tertiary/aromatic N) is 1. The van der Waals surface area contributed by atoms with E-state index >= 15 is 0 Å². The van der Waals surface area contributed by atoms with Gasteiger partial charge in [0.15, 0.2) is 0 Å². The predicted octanol–water partition coefficient (Wildman–Crippen LogP) is 5.94. The second-order valence-corrected chi connectivity index (χ2v) is 10.1. The molecular weight excluding hydrogens is 490 g/mol. The van der Waals surface area contributed by atoms with Crippen LogP contribution in [0.1, 0.15) is 23.6 Å². The monoisotopic (exact) mass is 513 g/mol. The number of fused-ring (bicyclic) bond motifs is 1. The highest BCUT2D eigenvalue weighted by molar-refractivity contribution is 9.10. The molecule has 0 bridgehead atoms. The van der Waals surface area contributed by atoms with Crippen LogP contribution in [0.15, 0.2) is 89.5 Å². The summed E-state index contributed by atoms with van der Waals surface area (Å²) in [5, 5.41) is 1.06. The molecule has 4 rings (SSSR count). The molecule has 0 N–H and O–H groups in total. The van der Waals surface area contributed by atoms with Gasteiger partial charge in [-0.3, -0.25) is 4.18 Å². The smallest absolute Gasteiger partial charge is 0.264 e. The Labute approximate surface area is 196 Å². The topological polar surface area (TPSA) is 57.5 Å². The third kappa shape index (κ3) is 5.59. The van der Waals surface area contributed by atoms with Crippen molar-refractivity contribution in [2.24, 2.45) is 0 Å². The lowest BCUT2D eigenvalue weighted by molar-refractivity contribution is 0.293. The summed E-state index contributed by atoms with van der Waals surface area (Å²) >= 11 is 3.55. The van der Waals surface area contributed by atoms with Crippen LogP contribution in [0.5, 0.6) is 5.75 Å². The van der Waals surface area contributed by atoms with E-state index in [0.29, 0.717) is 13.0 Å². The fourth-order valence-corrected chi connectivity index (χ4v) is 4.60. The van der Waals surface area contributed by atoms with Crippen molar-refractivity contribution in [2.45, 2.75) is 19.1 Å². The summed E-state index contributed by atoms with van der Waals surface area (Å²) in [7, 11) is -3.51. The summed E-state index contributed by atoms with van der Waals surface area (Å²) in [6.07, 6.45) is 3.58. The average Bonchev–Trinajstić information content (AvgIpc) is 3.20. The van der Waals surface area contributed by atoms with Crippen LogP contribution in [-0.4, -0.2) is 25.8 Å². The molecule has 32 heavy (non-hydrogen) atoms. The first-order valence-electron chi connectivity index (χ1n) is 10.3. The van der Waals surface area contributed by atoms with E-state index < -0.39 is 10.1 Å². The Balaban J connectivity index is 1.71. The highest BCUT2D eigenvalue weighted by atomic mass is 79.9. The standard InChI is InChI=1S/C25H24BrNO4S/c1-32(28,29)31-16-14-23(21-10-5-11-22(26)17-21)27-15-13-20-9-6-12-24(25(20)27)30-18-19-7-3-2-4-8-19/h2-13,15,17,23H,14,16,18H2,1H3/t23-/m1/s1. The van der Waals surface area contributed by atoms with Gasteiger partial charge in [0.25, 0.3) is 10.1 Å². The maximum Gasteiger partial charge on any atom is 0.264 e. The van der Waals surface area contributed by atoms with Gasteiger partial charge in [-0.2, -0.15) is 8.42 Å². The normalized spacial score (nSPS) is 12.7. The summed E-state index contributed by atoms with van der Waals surface area (Å²) in [6, 6.07) is 26.0. The number of ether oxygens (including phenoxy) is 1. The zero-order valence-electron chi connectivity index (χ0n) is 17.6. The van der Waals surface area contributed by atoms with Gasteiger partial charge in [-0.1, -0.05) is 70.5 Å². The zero-order chi connectivity index (χ0) is 22.6. The van der Waals surface area contributed by atoms with Gasteiger partial charge in [0.2, 0.25) is 0 Å². The van der Waals surface area contributed by atoms with Gasteiger partial charge in [-0.15, -0.1) is 0 Å². The molecule has 5 nitrogen and oxygen atoms in total. The van der Waals surface area contributed by atoms with Crippen molar-refractivity contribution in [1.82, 2.24) is 4.57 Å². The van der Waals surface area contributed by atoms with Gasteiger partial charge in [-0.25, -0.2) is 0 Å². The van der Waals surface area contributed by atoms with E-state index in [1.54, 1.807) is 0 Å². The molecule has 3 aromatic carbocycles. The maximum absolute atomic E-state index is 11.5. The molecule has 0 aliphatic carbocycles. The quantitative estimate of drug-likeness (QED) is 0.260. The van der Waals surface area contributed by atoms with Gasteiger partial charge in [0.05, 0.1) is 24.4 Å². The number of para-hydroxylation sites is 1. The van der Waals surface area contributed by atoms with Crippen molar-refractivity contribution < 1.29 is 17.3 Å². The minimum absolute atomic E-state index is 0.0860. The van der Waals surface area contributed by atoms with E-state index in [0.717, 1.165) is 38.5 Å². The number of aromatic nitrogens is 1. The van der Waals surface area contributed by atoms with Crippen molar-refractivity contribution in [3.8, 4) is 5.75 Å². The van der Waals surface area contributed by atoms with Gasteiger partial charge in [0.1, 0.15) is 12.4 Å². The molecule has 0 aliphatic heterocycles. The van der Waals surface area contributed by atoms with Crippen LogP contribution in [0, 0.1) is 0 Å². The SMILES string of the molecule is CS(=O)(=O)OCC[C@H](c1cccc(Br)c1)n1ccc2cccc(OCc3ccccc3)c21. The molecule has 0 saturated heterocycles. The van der Waals surface area contributed by atoms with Crippen molar-refractivity contribution >= 4 is 37.0 Å². The van der Waals surface area contributed by atoms with Gasteiger partial charge < -0.3 is 9.30 Å². The summed E-state index contributed by atoms with van der Waals surface area (Å²) < 4.78 is 37.4. The lowest BCUT2D eigenvalue weighted by atomic mass is 10.0. The highest BCUT2D eigenvalue weighted by Gasteiger charge is 2.19. The van der Waals surface area contributed by atoms with E-state index in [1.807, 2.05) is 85.1 Å². The summed E-state index contributed by atoms with van der Waals surface area (Å²) in [5.41, 5.74) is 3.10. The van der Waals surface area contributed by atoms with E-state index in [9.17, 15) is 8.42 Å². The molecule has 0 spiro atoms. The van der Waals surface area contributed by atoms with Crippen LogP contribution in [0.25, 0.3) is 10.9 Å². The van der Waals surface area contributed by atoms with Crippen LogP contribution < -0.4 is 4.74 Å². The molecule has 0 radical (unpaired) electrons. The van der Waals surface area contributed by atoms with Gasteiger partial charge >= 0.3 is 0 Å². The maximum atomic E-state index is 11.5. The van der Waals surface area contributed by atoms with Crippen LogP contribution in [0.4, 0.5) is 0 Å². The summed E-state index contributed by atoms with van der Waals surface area (Å²) in [4.78, 5) is 0. The van der Waals surface area contributed by atoms with E-state index in [2.05, 4.69) is 20.5 Å². The third-order valence-electron chi connectivity index (χ3n) is 5.20. The average molecular weight is 514 g/mol. The molecule has 166 valence electrons. The Morgan fingerprint density at radius 1 is 0.969 bits per heavy atom. The van der Waals surface area contributed by atoms with Crippen molar-refractivity contribution in [3.05, 3.63) is 101 Å². The lowest BCUT2D eigenvalue weighted by Gasteiger charge is -2.22. The fourth-order valence-electron chi connectivity index (χ4n) is 3.79. The van der Waals surface area contributed by atoms with Crippen molar-refractivity contribution in [3.63, 3.8) is 0 Å². The molecule has 0 aliphatic rings. The molecule has 0 amide bonds. The molecule has 4 aromatic rings. The lowest BCUT2D eigenvalue weighted by Crippen LogP contribution is -2.15. The Morgan fingerprint density at radius 2 is 1.75 bits per heavy atom. The second-order valence-electron chi connectivity index (χ2n) is 7.58. The molecule has 1 atom stereocenters. The Kier molecular flexibility index (Phi) is 6.98. The Bertz CT molecular complexity index is 1300. The third-order valence-corrected chi connectivity index (χ3v) is 6.29. The largest absolute Gasteiger partial charge is 0.487 e. The second kappa shape index (κ2) is 9.90. The highest BCUT2D eigenvalue weighted by Crippen LogP contribution is 2.34. The Morgan fingerprint density at radius 3 is 2.50 bits per heavy atom. The molecule has 0 fully saturated rings. The molecule has 7 heteroatoms. The minimum Gasteiger partial charge on any atom is -0.487 e. The number of halogens is 1. The van der Waals surface area contributed by atoms with Gasteiger partial charge in [-0.05, 0) is 41.8 Å². The Hall–Kier alpha value is -2.61. The predicted molar refractivity (Wildman–Crippen MR) is 130 cm³/mol. The fraction of sp³-hybridized carbons (Fsp3) is 0.200. The van der Waals surface area contributed by atoms with Crippen LogP contribution >= 0.6 is 15.9 Å². The minimum atomic E-state index is -3.51. The molecule has 1 heterocycles. The summed E-state index contributed by atoms with van der Waals surface area (Å²) in [5.74, 6) is 0.778. The van der Waals surface area contributed by atoms with E-state index in [1.165, 1.54) is 0 Å². The first-order valence-corrected chi connectivity index (χ1v) is 12.9. The van der Waals surface area contributed by atoms with Crippen LogP contribution in [0.3, 0.4) is 0 Å². The molecule has 1 aromatic heterocycles. The molecule has 0 unspecified atom stereocenters. The number of hydrogen-bond donors (Lipinski definition) is 0. The summed E-state index contributed by atoms with van der Waals surface area (Å²) in [6.45, 7) is 0.548. The van der Waals surface area contributed by atoms with E-state index in [4.69, 9.17) is 8.92 Å².